The van der Waals surface area contributed by atoms with E-state index in [1.807, 2.05) is 30.3 Å². The monoisotopic (exact) mass is 258 g/mol. The zero-order valence-corrected chi connectivity index (χ0v) is 10.5. The van der Waals surface area contributed by atoms with Crippen molar-refractivity contribution >= 4 is 5.78 Å². The van der Waals surface area contributed by atoms with Crippen molar-refractivity contribution in [3.8, 4) is 0 Å². The largest absolute Gasteiger partial charge is 0.362 e. The first-order valence-electron chi connectivity index (χ1n) is 6.01. The van der Waals surface area contributed by atoms with Crippen molar-refractivity contribution < 1.29 is 9.53 Å². The molecule has 0 unspecified atom stereocenters. The molecule has 0 saturated heterocycles. The zero-order chi connectivity index (χ0) is 13.5. The van der Waals surface area contributed by atoms with Crippen molar-refractivity contribution in [3.63, 3.8) is 0 Å². The number of imidazole rings is 1. The van der Waals surface area contributed by atoms with E-state index in [9.17, 15) is 4.79 Å². The Morgan fingerprint density at radius 3 is 2.89 bits per heavy atom. The van der Waals surface area contributed by atoms with Gasteiger partial charge < -0.3 is 15.5 Å². The second-order valence-electron chi connectivity index (χ2n) is 4.19. The summed E-state index contributed by atoms with van der Waals surface area (Å²) < 4.78 is 5.24. The van der Waals surface area contributed by atoms with Crippen molar-refractivity contribution in [1.82, 2.24) is 9.97 Å². The summed E-state index contributed by atoms with van der Waals surface area (Å²) in [5, 5.41) is 0. The van der Waals surface area contributed by atoms with Gasteiger partial charge in [0.2, 0.25) is 0 Å². The number of aromatic amines is 1. The van der Waals surface area contributed by atoms with E-state index in [0.717, 1.165) is 11.3 Å². The summed E-state index contributed by atoms with van der Waals surface area (Å²) in [7, 11) is 0. The van der Waals surface area contributed by atoms with Crippen LogP contribution in [0.4, 0.5) is 0 Å². The summed E-state index contributed by atoms with van der Waals surface area (Å²) in [6, 6.07) is 9.01. The first kappa shape index (κ1) is 13.5. The molecule has 1 heterocycles. The van der Waals surface area contributed by atoms with Crippen LogP contribution in [0.15, 0.2) is 42.9 Å². The van der Waals surface area contributed by atoms with Crippen LogP contribution in [0.3, 0.4) is 0 Å². The van der Waals surface area contributed by atoms with Crippen molar-refractivity contribution in [3.05, 3.63) is 60.7 Å². The molecule has 0 spiro atoms. The number of H-pyrrole nitrogens is 1. The van der Waals surface area contributed by atoms with E-state index < -0.39 is 6.04 Å². The minimum atomic E-state index is -0.626. The molecule has 1 radical (unpaired) electrons. The highest BCUT2D eigenvalue weighted by atomic mass is 16.5. The van der Waals surface area contributed by atoms with E-state index in [4.69, 9.17) is 10.5 Å². The number of nitrogens with zero attached hydrogens (tertiary/aromatic N) is 1. The third kappa shape index (κ3) is 4.31. The predicted molar refractivity (Wildman–Crippen MR) is 70.8 cm³/mol. The Kier molecular flexibility index (Phi) is 4.83. The molecule has 0 aliphatic heterocycles. The summed E-state index contributed by atoms with van der Waals surface area (Å²) in [4.78, 5) is 18.6. The molecule has 99 valence electrons. The van der Waals surface area contributed by atoms with Gasteiger partial charge in [-0.25, -0.2) is 4.98 Å². The second-order valence-corrected chi connectivity index (χ2v) is 4.19. The van der Waals surface area contributed by atoms with Gasteiger partial charge in [-0.2, -0.15) is 0 Å². The van der Waals surface area contributed by atoms with E-state index in [-0.39, 0.29) is 5.78 Å². The summed E-state index contributed by atoms with van der Waals surface area (Å²) in [5.41, 5.74) is 7.54. The molecule has 2 rings (SSSR count). The van der Waals surface area contributed by atoms with Crippen LogP contribution < -0.4 is 5.73 Å². The highest BCUT2D eigenvalue weighted by Crippen LogP contribution is 2.04. The fourth-order valence-corrected chi connectivity index (χ4v) is 1.61. The number of carbonyl (C=O) groups is 1. The lowest BCUT2D eigenvalue weighted by atomic mass is 10.1. The fourth-order valence-electron chi connectivity index (χ4n) is 1.61. The Labute approximate surface area is 111 Å². The number of aromatic nitrogens is 2. The maximum Gasteiger partial charge on any atom is 0.181 e. The topological polar surface area (TPSA) is 81.0 Å². The van der Waals surface area contributed by atoms with Gasteiger partial charge in [0.05, 0.1) is 24.7 Å². The second kappa shape index (κ2) is 6.82. The van der Waals surface area contributed by atoms with E-state index in [1.165, 1.54) is 6.61 Å². The van der Waals surface area contributed by atoms with Crippen molar-refractivity contribution in [2.24, 2.45) is 5.73 Å². The number of carbonyl (C=O) groups excluding carboxylic acids is 1. The Hall–Kier alpha value is -1.98. The molecule has 5 nitrogen and oxygen atoms in total. The number of Topliss-reactive ketones (excluding diaryl/α,β-unsaturated/α-hetero) is 1. The first-order valence-corrected chi connectivity index (χ1v) is 6.01. The minimum absolute atomic E-state index is 0.237. The molecule has 5 heteroatoms. The summed E-state index contributed by atoms with van der Waals surface area (Å²) >= 11 is 0. The van der Waals surface area contributed by atoms with Crippen LogP contribution in [0.5, 0.6) is 0 Å². The number of nitrogens with two attached hydrogens (primary N) is 1. The van der Waals surface area contributed by atoms with E-state index in [2.05, 4.69) is 9.97 Å². The number of benzene rings is 1. The average Bonchev–Trinajstić information content (AvgIpc) is 2.92. The molecule has 1 atom stereocenters. The summed E-state index contributed by atoms with van der Waals surface area (Å²) in [5.74, 6) is -0.237. The third-order valence-electron chi connectivity index (χ3n) is 2.64. The Bertz CT molecular complexity index is 497. The molecular formula is C14H16N3O2. The van der Waals surface area contributed by atoms with Gasteiger partial charge in [0, 0.05) is 12.6 Å². The normalized spacial score (nSPS) is 12.3. The van der Waals surface area contributed by atoms with Gasteiger partial charge in [0.1, 0.15) is 0 Å². The molecule has 1 aromatic heterocycles. The summed E-state index contributed by atoms with van der Waals surface area (Å²) in [6.45, 7) is 1.55. The number of ether oxygens (including phenoxy) is 1. The molecular weight excluding hydrogens is 242 g/mol. The molecule has 3 N–H and O–H groups in total. The van der Waals surface area contributed by atoms with Gasteiger partial charge in [-0.15, -0.1) is 0 Å². The molecule has 19 heavy (non-hydrogen) atoms. The van der Waals surface area contributed by atoms with Gasteiger partial charge in [-0.05, 0) is 5.56 Å². The van der Waals surface area contributed by atoms with E-state index >= 15 is 0 Å². The number of ketones is 1. The molecule has 1 aromatic carbocycles. The average molecular weight is 258 g/mol. The number of rotatable bonds is 7. The molecule has 0 amide bonds. The van der Waals surface area contributed by atoms with Gasteiger partial charge in [0.25, 0.3) is 0 Å². The van der Waals surface area contributed by atoms with Crippen molar-refractivity contribution in [1.29, 1.82) is 0 Å². The molecule has 0 fully saturated rings. The zero-order valence-electron chi connectivity index (χ0n) is 10.5. The lowest BCUT2D eigenvalue weighted by molar-refractivity contribution is -0.121. The standard InChI is InChI=1S/C14H16N3O2/c15-13(6-12-7-16-10-17-12)14(18)9-19-8-11-4-2-1-3-5-11/h1-5,7,9-10,13H,6,8,15H2,(H,16,17)/t13-/m0/s1. The Balaban J connectivity index is 1.72. The Morgan fingerprint density at radius 2 is 2.21 bits per heavy atom. The predicted octanol–water partition coefficient (Wildman–Crippen LogP) is 1.23. The highest BCUT2D eigenvalue weighted by molar-refractivity contribution is 5.90. The van der Waals surface area contributed by atoms with E-state index in [1.54, 1.807) is 12.5 Å². The SMILES string of the molecule is N[C@@H](Cc1c[nH]cn1)C(=O)[CH]OCc1ccccc1. The fraction of sp³-hybridized carbons (Fsp3) is 0.214. The van der Waals surface area contributed by atoms with Gasteiger partial charge >= 0.3 is 0 Å². The van der Waals surface area contributed by atoms with Crippen LogP contribution in [0, 0.1) is 6.61 Å². The number of hydrogen-bond acceptors (Lipinski definition) is 4. The van der Waals surface area contributed by atoms with Gasteiger partial charge in [-0.3, -0.25) is 4.79 Å². The van der Waals surface area contributed by atoms with Crippen molar-refractivity contribution in [2.45, 2.75) is 19.1 Å². The van der Waals surface area contributed by atoms with Crippen LogP contribution in [0.1, 0.15) is 11.3 Å². The lowest BCUT2D eigenvalue weighted by Crippen LogP contribution is -2.33. The smallest absolute Gasteiger partial charge is 0.181 e. The van der Waals surface area contributed by atoms with E-state index in [0.29, 0.717) is 13.0 Å². The molecule has 0 aliphatic rings. The quantitative estimate of drug-likeness (QED) is 0.782. The van der Waals surface area contributed by atoms with Crippen LogP contribution >= 0.6 is 0 Å². The van der Waals surface area contributed by atoms with Crippen LogP contribution in [-0.4, -0.2) is 21.8 Å². The minimum Gasteiger partial charge on any atom is -0.362 e. The van der Waals surface area contributed by atoms with Crippen LogP contribution in [-0.2, 0) is 22.6 Å². The molecule has 0 saturated carbocycles. The first-order chi connectivity index (χ1) is 9.25. The van der Waals surface area contributed by atoms with Crippen LogP contribution in [0.25, 0.3) is 0 Å². The van der Waals surface area contributed by atoms with Crippen LogP contribution in [0.2, 0.25) is 0 Å². The Morgan fingerprint density at radius 1 is 1.42 bits per heavy atom. The van der Waals surface area contributed by atoms with Gasteiger partial charge in [0.15, 0.2) is 12.4 Å². The maximum absolute atomic E-state index is 11.7. The lowest BCUT2D eigenvalue weighted by Gasteiger charge is -2.09. The number of nitrogens with one attached hydrogen (secondary N) is 1. The highest BCUT2D eigenvalue weighted by Gasteiger charge is 2.15. The summed E-state index contributed by atoms with van der Waals surface area (Å²) in [6.07, 6.45) is 3.67. The molecule has 0 aliphatic carbocycles. The third-order valence-corrected chi connectivity index (χ3v) is 2.64. The molecule has 2 aromatic rings. The number of hydrogen-bond donors (Lipinski definition) is 2. The maximum atomic E-state index is 11.7. The molecule has 0 bridgehead atoms. The van der Waals surface area contributed by atoms with Crippen molar-refractivity contribution in [2.75, 3.05) is 0 Å². The van der Waals surface area contributed by atoms with Gasteiger partial charge in [-0.1, -0.05) is 30.3 Å².